The quantitative estimate of drug-likeness (QED) is 0.789. The third kappa shape index (κ3) is 3.40. The minimum atomic E-state index is -0.253. The smallest absolute Gasteiger partial charge is 0.137 e. The van der Waals surface area contributed by atoms with Crippen LogP contribution in [0.3, 0.4) is 0 Å². The molecule has 0 bridgehead atoms. The second-order valence-electron chi connectivity index (χ2n) is 4.67. The Hall–Kier alpha value is -0.900. The molecule has 0 saturated carbocycles. The first-order valence-corrected chi connectivity index (χ1v) is 7.64. The Morgan fingerprint density at radius 3 is 2.60 bits per heavy atom. The summed E-state index contributed by atoms with van der Waals surface area (Å²) in [6.07, 6.45) is 0. The van der Waals surface area contributed by atoms with Crippen LogP contribution in [0, 0.1) is 12.7 Å². The maximum absolute atomic E-state index is 13.4. The highest BCUT2D eigenvalue weighted by Gasteiger charge is 2.16. The lowest BCUT2D eigenvalue weighted by atomic mass is 9.95. The van der Waals surface area contributed by atoms with Crippen LogP contribution in [0.5, 0.6) is 0 Å². The van der Waals surface area contributed by atoms with Gasteiger partial charge in [0.1, 0.15) is 5.82 Å². The van der Waals surface area contributed by atoms with Gasteiger partial charge in [0.2, 0.25) is 0 Å². The number of hydrogen-bond acceptors (Lipinski definition) is 1. The van der Waals surface area contributed by atoms with Crippen molar-refractivity contribution < 1.29 is 4.39 Å². The fraction of sp³-hybridized carbons (Fsp3) is 0.250. The van der Waals surface area contributed by atoms with Crippen LogP contribution in [0.2, 0.25) is 5.02 Å². The molecule has 0 aromatic heterocycles. The Kier molecular flexibility index (Phi) is 5.19. The van der Waals surface area contributed by atoms with E-state index in [1.54, 1.807) is 0 Å². The molecule has 1 nitrogen and oxygen atoms in total. The maximum Gasteiger partial charge on any atom is 0.137 e. The van der Waals surface area contributed by atoms with Crippen LogP contribution in [-0.4, -0.2) is 6.54 Å². The Bertz CT molecular complexity index is 615. The van der Waals surface area contributed by atoms with Crippen LogP contribution >= 0.6 is 27.5 Å². The van der Waals surface area contributed by atoms with Gasteiger partial charge in [0.25, 0.3) is 0 Å². The van der Waals surface area contributed by atoms with Gasteiger partial charge in [0, 0.05) is 5.02 Å². The summed E-state index contributed by atoms with van der Waals surface area (Å²) >= 11 is 9.26. The molecule has 0 amide bonds. The zero-order chi connectivity index (χ0) is 14.7. The van der Waals surface area contributed by atoms with Gasteiger partial charge in [-0.2, -0.15) is 0 Å². The molecule has 1 N–H and O–H groups in total. The van der Waals surface area contributed by atoms with Crippen molar-refractivity contribution in [3.05, 3.63) is 68.4 Å². The molecule has 1 unspecified atom stereocenters. The third-order valence-electron chi connectivity index (χ3n) is 3.23. The van der Waals surface area contributed by atoms with Gasteiger partial charge in [-0.25, -0.2) is 4.39 Å². The summed E-state index contributed by atoms with van der Waals surface area (Å²) in [6, 6.07) is 11.0. The SMILES string of the molecule is CCNC(c1ccc(F)c(Br)c1)c1ccc(Cl)cc1C. The van der Waals surface area contributed by atoms with Crippen LogP contribution < -0.4 is 5.32 Å². The van der Waals surface area contributed by atoms with Crippen molar-refractivity contribution in [2.45, 2.75) is 19.9 Å². The Labute approximate surface area is 132 Å². The number of halogens is 3. The highest BCUT2D eigenvalue weighted by molar-refractivity contribution is 9.10. The van der Waals surface area contributed by atoms with Gasteiger partial charge in [0.05, 0.1) is 10.5 Å². The van der Waals surface area contributed by atoms with Crippen LogP contribution in [0.1, 0.15) is 29.7 Å². The summed E-state index contributed by atoms with van der Waals surface area (Å²) in [5.41, 5.74) is 3.28. The van der Waals surface area contributed by atoms with Crippen LogP contribution in [0.4, 0.5) is 4.39 Å². The normalized spacial score (nSPS) is 12.4. The number of rotatable bonds is 4. The predicted octanol–water partition coefficient (Wildman–Crippen LogP) is 5.25. The first-order valence-electron chi connectivity index (χ1n) is 6.47. The molecule has 1 atom stereocenters. The summed E-state index contributed by atoms with van der Waals surface area (Å²) in [6.45, 7) is 4.91. The molecular weight excluding hydrogens is 341 g/mol. The van der Waals surface area contributed by atoms with Gasteiger partial charge >= 0.3 is 0 Å². The molecule has 0 saturated heterocycles. The maximum atomic E-state index is 13.4. The second-order valence-corrected chi connectivity index (χ2v) is 5.96. The van der Waals surface area contributed by atoms with Gasteiger partial charge in [-0.05, 0) is 70.4 Å². The first kappa shape index (κ1) is 15.5. The molecule has 2 aromatic carbocycles. The zero-order valence-corrected chi connectivity index (χ0v) is 13.7. The average molecular weight is 357 g/mol. The summed E-state index contributed by atoms with van der Waals surface area (Å²) < 4.78 is 13.9. The highest BCUT2D eigenvalue weighted by atomic mass is 79.9. The fourth-order valence-corrected chi connectivity index (χ4v) is 2.89. The molecule has 0 heterocycles. The largest absolute Gasteiger partial charge is 0.307 e. The lowest BCUT2D eigenvalue weighted by molar-refractivity contribution is 0.607. The lowest BCUT2D eigenvalue weighted by Gasteiger charge is -2.21. The molecule has 4 heteroatoms. The molecule has 20 heavy (non-hydrogen) atoms. The van der Waals surface area contributed by atoms with E-state index in [1.807, 2.05) is 37.3 Å². The first-order chi connectivity index (χ1) is 9.52. The number of benzene rings is 2. The summed E-state index contributed by atoms with van der Waals surface area (Å²) in [4.78, 5) is 0. The van der Waals surface area contributed by atoms with Crippen molar-refractivity contribution in [1.82, 2.24) is 5.32 Å². The Balaban J connectivity index is 2.47. The molecule has 2 rings (SSSR count). The van der Waals surface area contributed by atoms with E-state index < -0.39 is 0 Å². The molecule has 0 spiro atoms. The molecule has 106 valence electrons. The van der Waals surface area contributed by atoms with E-state index >= 15 is 0 Å². The van der Waals surface area contributed by atoms with Crippen LogP contribution in [0.25, 0.3) is 0 Å². The molecule has 0 radical (unpaired) electrons. The Morgan fingerprint density at radius 2 is 2.00 bits per heavy atom. The standard InChI is InChI=1S/C16H16BrClFN/c1-3-20-16(11-4-7-15(19)14(17)9-11)13-6-5-12(18)8-10(13)2/h4-9,16,20H,3H2,1-2H3. The number of aryl methyl sites for hydroxylation is 1. The summed E-state index contributed by atoms with van der Waals surface area (Å²) in [5.74, 6) is -0.253. The van der Waals surface area contributed by atoms with Crippen molar-refractivity contribution in [3.8, 4) is 0 Å². The van der Waals surface area contributed by atoms with Crippen molar-refractivity contribution in [3.63, 3.8) is 0 Å². The molecule has 0 aliphatic heterocycles. The second kappa shape index (κ2) is 6.70. The van der Waals surface area contributed by atoms with E-state index in [0.29, 0.717) is 4.47 Å². The topological polar surface area (TPSA) is 12.0 Å². The average Bonchev–Trinajstić information content (AvgIpc) is 2.40. The van der Waals surface area contributed by atoms with Gasteiger partial charge in [-0.15, -0.1) is 0 Å². The number of hydrogen-bond donors (Lipinski definition) is 1. The highest BCUT2D eigenvalue weighted by Crippen LogP contribution is 2.29. The molecule has 0 aliphatic carbocycles. The van der Waals surface area contributed by atoms with E-state index in [9.17, 15) is 4.39 Å². The van der Waals surface area contributed by atoms with E-state index in [1.165, 1.54) is 6.07 Å². The van der Waals surface area contributed by atoms with Gasteiger partial charge in [-0.1, -0.05) is 30.7 Å². The van der Waals surface area contributed by atoms with Crippen LogP contribution in [0.15, 0.2) is 40.9 Å². The summed E-state index contributed by atoms with van der Waals surface area (Å²) in [5, 5.41) is 4.16. The van der Waals surface area contributed by atoms with E-state index in [2.05, 4.69) is 28.2 Å². The van der Waals surface area contributed by atoms with E-state index in [0.717, 1.165) is 28.3 Å². The monoisotopic (exact) mass is 355 g/mol. The van der Waals surface area contributed by atoms with Gasteiger partial charge in [-0.3, -0.25) is 0 Å². The minimum Gasteiger partial charge on any atom is -0.307 e. The van der Waals surface area contributed by atoms with Crippen molar-refractivity contribution in [1.29, 1.82) is 0 Å². The van der Waals surface area contributed by atoms with E-state index in [4.69, 9.17) is 11.6 Å². The zero-order valence-electron chi connectivity index (χ0n) is 11.4. The van der Waals surface area contributed by atoms with Crippen molar-refractivity contribution in [2.75, 3.05) is 6.54 Å². The predicted molar refractivity (Wildman–Crippen MR) is 85.8 cm³/mol. The molecule has 0 aliphatic rings. The van der Waals surface area contributed by atoms with E-state index in [-0.39, 0.29) is 11.9 Å². The van der Waals surface area contributed by atoms with Crippen molar-refractivity contribution >= 4 is 27.5 Å². The van der Waals surface area contributed by atoms with Gasteiger partial charge < -0.3 is 5.32 Å². The lowest BCUT2D eigenvalue weighted by Crippen LogP contribution is -2.22. The summed E-state index contributed by atoms with van der Waals surface area (Å²) in [7, 11) is 0. The molecule has 0 fully saturated rings. The minimum absolute atomic E-state index is 0.0224. The van der Waals surface area contributed by atoms with Crippen molar-refractivity contribution in [2.24, 2.45) is 0 Å². The Morgan fingerprint density at radius 1 is 1.25 bits per heavy atom. The molecule has 2 aromatic rings. The van der Waals surface area contributed by atoms with Crippen LogP contribution in [-0.2, 0) is 0 Å². The van der Waals surface area contributed by atoms with Gasteiger partial charge in [0.15, 0.2) is 0 Å². The third-order valence-corrected chi connectivity index (χ3v) is 4.07. The fourth-order valence-electron chi connectivity index (χ4n) is 2.27. The molecular formula is C16H16BrClFN. The number of nitrogens with one attached hydrogen (secondary N) is 1.